The molecule has 0 radical (unpaired) electrons. The van der Waals surface area contributed by atoms with Gasteiger partial charge >= 0.3 is 0 Å². The Morgan fingerprint density at radius 1 is 1.05 bits per heavy atom. The molecule has 1 rings (SSSR count). The number of aliphatic imine (C=N–C) groups is 1. The molecule has 0 amide bonds. The van der Waals surface area contributed by atoms with E-state index < -0.39 is 0 Å². The third kappa shape index (κ3) is 9.72. The van der Waals surface area contributed by atoms with E-state index in [0.717, 1.165) is 38.6 Å². The maximum absolute atomic E-state index is 5.95. The summed E-state index contributed by atoms with van der Waals surface area (Å²) in [6, 6.07) is 0. The molecule has 4 nitrogen and oxygen atoms in total. The van der Waals surface area contributed by atoms with Crippen molar-refractivity contribution in [2.75, 3.05) is 26.2 Å². The Morgan fingerprint density at radius 2 is 1.86 bits per heavy atom. The second-order valence-corrected chi connectivity index (χ2v) is 5.88. The molecule has 0 spiro atoms. The molecule has 0 bridgehead atoms. The van der Waals surface area contributed by atoms with Crippen molar-refractivity contribution in [3.63, 3.8) is 0 Å². The Labute approximate surface area is 131 Å². The van der Waals surface area contributed by atoms with Gasteiger partial charge in [-0.25, -0.2) is 0 Å². The van der Waals surface area contributed by atoms with Crippen molar-refractivity contribution in [3.8, 4) is 0 Å². The molecule has 4 heteroatoms. The SMILES string of the molecule is CCCN=C(NCC)NCCCCCOC1CCCCC1. The number of guanidine groups is 1. The summed E-state index contributed by atoms with van der Waals surface area (Å²) in [5.74, 6) is 0.956. The molecule has 2 N–H and O–H groups in total. The van der Waals surface area contributed by atoms with E-state index in [0.29, 0.717) is 6.10 Å². The molecule has 1 aliphatic carbocycles. The van der Waals surface area contributed by atoms with E-state index in [9.17, 15) is 0 Å². The maximum atomic E-state index is 5.95. The van der Waals surface area contributed by atoms with Crippen molar-refractivity contribution in [2.24, 2.45) is 4.99 Å². The number of unbranched alkanes of at least 4 members (excludes halogenated alkanes) is 2. The predicted octanol–water partition coefficient (Wildman–Crippen LogP) is 3.47. The van der Waals surface area contributed by atoms with Crippen LogP contribution in [0.15, 0.2) is 4.99 Å². The topological polar surface area (TPSA) is 45.7 Å². The first kappa shape index (κ1) is 18.3. The molecular formula is C17H35N3O. The summed E-state index contributed by atoms with van der Waals surface area (Å²) in [6.07, 6.45) is 11.9. The van der Waals surface area contributed by atoms with Crippen LogP contribution in [-0.2, 0) is 4.74 Å². The predicted molar refractivity (Wildman–Crippen MR) is 90.9 cm³/mol. The standard InChI is InChI=1S/C17H35N3O/c1-3-13-19-17(18-4-2)20-14-9-6-10-15-21-16-11-7-5-8-12-16/h16H,3-15H2,1-2H3,(H2,18,19,20). The number of hydrogen-bond donors (Lipinski definition) is 2. The fraction of sp³-hybridized carbons (Fsp3) is 0.941. The maximum Gasteiger partial charge on any atom is 0.191 e. The van der Waals surface area contributed by atoms with E-state index >= 15 is 0 Å². The lowest BCUT2D eigenvalue weighted by Crippen LogP contribution is -2.37. The minimum Gasteiger partial charge on any atom is -0.378 e. The number of nitrogens with one attached hydrogen (secondary N) is 2. The van der Waals surface area contributed by atoms with Crippen molar-refractivity contribution in [1.29, 1.82) is 0 Å². The van der Waals surface area contributed by atoms with E-state index in [-0.39, 0.29) is 0 Å². The van der Waals surface area contributed by atoms with E-state index in [1.54, 1.807) is 0 Å². The van der Waals surface area contributed by atoms with Gasteiger partial charge < -0.3 is 15.4 Å². The Kier molecular flexibility index (Phi) is 11.3. The first-order chi connectivity index (χ1) is 10.4. The molecule has 0 aliphatic heterocycles. The Bertz CT molecular complexity index is 263. The molecule has 0 heterocycles. The summed E-state index contributed by atoms with van der Waals surface area (Å²) in [5.41, 5.74) is 0. The van der Waals surface area contributed by atoms with Crippen LogP contribution in [0.5, 0.6) is 0 Å². The third-order valence-corrected chi connectivity index (χ3v) is 3.86. The molecule has 1 aliphatic rings. The first-order valence-electron chi connectivity index (χ1n) is 9.00. The molecule has 1 fully saturated rings. The smallest absolute Gasteiger partial charge is 0.191 e. The zero-order valence-corrected chi connectivity index (χ0v) is 14.1. The highest BCUT2D eigenvalue weighted by Gasteiger charge is 2.12. The highest BCUT2D eigenvalue weighted by molar-refractivity contribution is 5.79. The summed E-state index contributed by atoms with van der Waals surface area (Å²) < 4.78 is 5.95. The van der Waals surface area contributed by atoms with E-state index in [1.165, 1.54) is 51.4 Å². The Hall–Kier alpha value is -0.770. The average Bonchev–Trinajstić information content (AvgIpc) is 2.52. The molecule has 1 saturated carbocycles. The van der Waals surface area contributed by atoms with Crippen LogP contribution in [0.3, 0.4) is 0 Å². The molecular weight excluding hydrogens is 262 g/mol. The van der Waals surface area contributed by atoms with Gasteiger partial charge in [0.1, 0.15) is 0 Å². The van der Waals surface area contributed by atoms with Crippen molar-refractivity contribution in [3.05, 3.63) is 0 Å². The molecule has 0 aromatic rings. The van der Waals surface area contributed by atoms with Crippen LogP contribution < -0.4 is 10.6 Å². The van der Waals surface area contributed by atoms with Crippen molar-refractivity contribution < 1.29 is 4.74 Å². The molecule has 124 valence electrons. The first-order valence-corrected chi connectivity index (χ1v) is 9.00. The fourth-order valence-corrected chi connectivity index (χ4v) is 2.66. The molecule has 0 aromatic heterocycles. The second-order valence-electron chi connectivity index (χ2n) is 5.88. The molecule has 21 heavy (non-hydrogen) atoms. The van der Waals surface area contributed by atoms with Crippen molar-refractivity contribution in [2.45, 2.75) is 77.7 Å². The van der Waals surface area contributed by atoms with Crippen LogP contribution in [0.1, 0.15) is 71.6 Å². The minimum atomic E-state index is 0.554. The lowest BCUT2D eigenvalue weighted by atomic mass is 9.98. The number of nitrogens with zero attached hydrogens (tertiary/aromatic N) is 1. The highest BCUT2D eigenvalue weighted by Crippen LogP contribution is 2.20. The monoisotopic (exact) mass is 297 g/mol. The van der Waals surface area contributed by atoms with Gasteiger partial charge in [0.25, 0.3) is 0 Å². The second kappa shape index (κ2) is 12.9. The van der Waals surface area contributed by atoms with Gasteiger partial charge in [0.2, 0.25) is 0 Å². The van der Waals surface area contributed by atoms with E-state index in [4.69, 9.17) is 4.74 Å². The largest absolute Gasteiger partial charge is 0.378 e. The van der Waals surface area contributed by atoms with E-state index in [2.05, 4.69) is 29.5 Å². The zero-order valence-electron chi connectivity index (χ0n) is 14.1. The van der Waals surface area contributed by atoms with Gasteiger partial charge in [0.15, 0.2) is 5.96 Å². The van der Waals surface area contributed by atoms with Gasteiger partial charge in [0.05, 0.1) is 6.10 Å². The number of ether oxygens (including phenoxy) is 1. The molecule has 0 atom stereocenters. The summed E-state index contributed by atoms with van der Waals surface area (Å²) in [4.78, 5) is 4.50. The van der Waals surface area contributed by atoms with Gasteiger partial charge in [0, 0.05) is 26.2 Å². The highest BCUT2D eigenvalue weighted by atomic mass is 16.5. The van der Waals surface area contributed by atoms with Gasteiger partial charge in [-0.1, -0.05) is 26.2 Å². The van der Waals surface area contributed by atoms with Crippen LogP contribution in [0.25, 0.3) is 0 Å². The van der Waals surface area contributed by atoms with E-state index in [1.807, 2.05) is 0 Å². The average molecular weight is 297 g/mol. The van der Waals surface area contributed by atoms with Gasteiger partial charge in [-0.05, 0) is 45.4 Å². The van der Waals surface area contributed by atoms with Crippen molar-refractivity contribution >= 4 is 5.96 Å². The van der Waals surface area contributed by atoms with Crippen LogP contribution in [0, 0.1) is 0 Å². The Balaban J connectivity index is 1.95. The lowest BCUT2D eigenvalue weighted by Gasteiger charge is -2.21. The fourth-order valence-electron chi connectivity index (χ4n) is 2.66. The quantitative estimate of drug-likeness (QED) is 0.369. The minimum absolute atomic E-state index is 0.554. The molecule has 0 unspecified atom stereocenters. The van der Waals surface area contributed by atoms with Crippen LogP contribution in [0.2, 0.25) is 0 Å². The van der Waals surface area contributed by atoms with Gasteiger partial charge in [-0.2, -0.15) is 0 Å². The van der Waals surface area contributed by atoms with Gasteiger partial charge in [-0.15, -0.1) is 0 Å². The zero-order chi connectivity index (χ0) is 15.2. The molecule has 0 aromatic carbocycles. The van der Waals surface area contributed by atoms with Crippen molar-refractivity contribution in [1.82, 2.24) is 10.6 Å². The summed E-state index contributed by atoms with van der Waals surface area (Å²) in [5, 5.41) is 6.67. The van der Waals surface area contributed by atoms with Gasteiger partial charge in [-0.3, -0.25) is 4.99 Å². The van der Waals surface area contributed by atoms with Crippen LogP contribution >= 0.6 is 0 Å². The summed E-state index contributed by atoms with van der Waals surface area (Å²) in [7, 11) is 0. The summed E-state index contributed by atoms with van der Waals surface area (Å²) in [6.45, 7) is 8.01. The van der Waals surface area contributed by atoms with Crippen LogP contribution in [-0.4, -0.2) is 38.3 Å². The lowest BCUT2D eigenvalue weighted by molar-refractivity contribution is 0.0264. The number of rotatable bonds is 10. The third-order valence-electron chi connectivity index (χ3n) is 3.86. The molecule has 0 saturated heterocycles. The normalized spacial score (nSPS) is 17.0. The summed E-state index contributed by atoms with van der Waals surface area (Å²) >= 11 is 0. The van der Waals surface area contributed by atoms with Crippen LogP contribution in [0.4, 0.5) is 0 Å². The Morgan fingerprint density at radius 3 is 2.57 bits per heavy atom. The number of hydrogen-bond acceptors (Lipinski definition) is 2.